The molecular formula is C15H13Cl2N3. The van der Waals surface area contributed by atoms with Crippen LogP contribution in [0.15, 0.2) is 30.3 Å². The Hall–Kier alpha value is -1.58. The molecule has 0 aliphatic heterocycles. The molecule has 2 aromatic heterocycles. The van der Waals surface area contributed by atoms with Gasteiger partial charge in [-0.1, -0.05) is 41.4 Å². The summed E-state index contributed by atoms with van der Waals surface area (Å²) >= 11 is 12.7. The van der Waals surface area contributed by atoms with Gasteiger partial charge in [-0.25, -0.2) is 9.50 Å². The zero-order valence-electron chi connectivity index (χ0n) is 11.2. The summed E-state index contributed by atoms with van der Waals surface area (Å²) in [5.41, 5.74) is 4.56. The van der Waals surface area contributed by atoms with E-state index in [0.717, 1.165) is 33.2 Å². The third kappa shape index (κ3) is 2.28. The monoisotopic (exact) mass is 305 g/mol. The Kier molecular flexibility index (Phi) is 3.40. The number of hydrogen-bond acceptors (Lipinski definition) is 2. The van der Waals surface area contributed by atoms with E-state index in [1.807, 2.05) is 44.2 Å². The lowest BCUT2D eigenvalue weighted by Gasteiger charge is -2.10. The fourth-order valence-electron chi connectivity index (χ4n) is 2.26. The molecule has 0 fully saturated rings. The van der Waals surface area contributed by atoms with E-state index in [4.69, 9.17) is 23.2 Å². The molecule has 20 heavy (non-hydrogen) atoms. The van der Waals surface area contributed by atoms with Gasteiger partial charge in [0.2, 0.25) is 0 Å². The summed E-state index contributed by atoms with van der Waals surface area (Å²) in [5, 5.41) is 5.70. The molecule has 0 aliphatic carbocycles. The Labute approximate surface area is 127 Å². The van der Waals surface area contributed by atoms with Crippen molar-refractivity contribution >= 4 is 28.8 Å². The van der Waals surface area contributed by atoms with Gasteiger partial charge in [-0.3, -0.25) is 0 Å². The van der Waals surface area contributed by atoms with Crippen LogP contribution in [0.5, 0.6) is 0 Å². The van der Waals surface area contributed by atoms with Crippen molar-refractivity contribution in [2.75, 3.05) is 0 Å². The standard InChI is InChI=1S/C15H13Cl2N3/c1-9-7-14-18-10(2)12(15(17)20(14)19-9)8-11-5-3-4-6-13(11)16/h3-7H,8H2,1-2H3. The normalized spacial score (nSPS) is 11.2. The number of aromatic nitrogens is 3. The predicted molar refractivity (Wildman–Crippen MR) is 81.7 cm³/mol. The quantitative estimate of drug-likeness (QED) is 0.663. The van der Waals surface area contributed by atoms with Crippen LogP contribution in [0, 0.1) is 13.8 Å². The maximum Gasteiger partial charge on any atom is 0.157 e. The van der Waals surface area contributed by atoms with E-state index in [9.17, 15) is 0 Å². The zero-order chi connectivity index (χ0) is 14.3. The van der Waals surface area contributed by atoms with Gasteiger partial charge >= 0.3 is 0 Å². The number of benzene rings is 1. The second-order valence-electron chi connectivity index (χ2n) is 4.79. The second kappa shape index (κ2) is 5.08. The number of hydrogen-bond donors (Lipinski definition) is 0. The highest BCUT2D eigenvalue weighted by Crippen LogP contribution is 2.26. The molecule has 2 heterocycles. The van der Waals surface area contributed by atoms with Crippen molar-refractivity contribution in [3.8, 4) is 0 Å². The highest BCUT2D eigenvalue weighted by molar-refractivity contribution is 6.31. The fourth-order valence-corrected chi connectivity index (χ4v) is 2.79. The second-order valence-corrected chi connectivity index (χ2v) is 5.56. The summed E-state index contributed by atoms with van der Waals surface area (Å²) in [4.78, 5) is 4.56. The molecule has 0 saturated carbocycles. The van der Waals surface area contributed by atoms with Crippen LogP contribution in [-0.2, 0) is 6.42 Å². The highest BCUT2D eigenvalue weighted by atomic mass is 35.5. The van der Waals surface area contributed by atoms with Crippen molar-refractivity contribution < 1.29 is 0 Å². The third-order valence-corrected chi connectivity index (χ3v) is 4.05. The molecule has 3 nitrogen and oxygen atoms in total. The lowest BCUT2D eigenvalue weighted by molar-refractivity contribution is 0.887. The van der Waals surface area contributed by atoms with Gasteiger partial charge in [0.1, 0.15) is 5.15 Å². The Morgan fingerprint density at radius 2 is 1.90 bits per heavy atom. The molecule has 0 aliphatic rings. The summed E-state index contributed by atoms with van der Waals surface area (Å²) in [7, 11) is 0. The maximum atomic E-state index is 6.48. The molecule has 5 heteroatoms. The topological polar surface area (TPSA) is 30.2 Å². The van der Waals surface area contributed by atoms with Gasteiger partial charge in [-0.2, -0.15) is 5.10 Å². The zero-order valence-corrected chi connectivity index (χ0v) is 12.7. The van der Waals surface area contributed by atoms with Crippen molar-refractivity contribution in [3.63, 3.8) is 0 Å². The lowest BCUT2D eigenvalue weighted by atomic mass is 10.1. The van der Waals surface area contributed by atoms with E-state index < -0.39 is 0 Å². The number of rotatable bonds is 2. The first-order chi connectivity index (χ1) is 9.56. The van der Waals surface area contributed by atoms with Crippen LogP contribution in [0.25, 0.3) is 5.65 Å². The average molecular weight is 306 g/mol. The Bertz CT molecular complexity index is 793. The predicted octanol–water partition coefficient (Wildman–Crippen LogP) is 4.24. The first kappa shape index (κ1) is 13.4. The minimum Gasteiger partial charge on any atom is -0.233 e. The first-order valence-electron chi connectivity index (χ1n) is 6.31. The smallest absolute Gasteiger partial charge is 0.157 e. The van der Waals surface area contributed by atoms with Crippen LogP contribution in [-0.4, -0.2) is 14.6 Å². The molecular weight excluding hydrogens is 293 g/mol. The summed E-state index contributed by atoms with van der Waals surface area (Å²) in [5.74, 6) is 0. The molecule has 0 unspecified atom stereocenters. The first-order valence-corrected chi connectivity index (χ1v) is 7.06. The van der Waals surface area contributed by atoms with Crippen molar-refractivity contribution in [1.29, 1.82) is 0 Å². The number of aryl methyl sites for hydroxylation is 2. The Morgan fingerprint density at radius 1 is 1.15 bits per heavy atom. The molecule has 1 aromatic carbocycles. The van der Waals surface area contributed by atoms with Crippen LogP contribution in [0.2, 0.25) is 10.2 Å². The van der Waals surface area contributed by atoms with Gasteiger partial charge in [0, 0.05) is 28.8 Å². The van der Waals surface area contributed by atoms with Crippen LogP contribution in [0.4, 0.5) is 0 Å². The van der Waals surface area contributed by atoms with E-state index in [0.29, 0.717) is 11.6 Å². The van der Waals surface area contributed by atoms with E-state index in [-0.39, 0.29) is 0 Å². The summed E-state index contributed by atoms with van der Waals surface area (Å²) in [6.45, 7) is 3.88. The van der Waals surface area contributed by atoms with Gasteiger partial charge in [-0.05, 0) is 25.5 Å². The minimum absolute atomic E-state index is 0.598. The molecule has 0 radical (unpaired) electrons. The fraction of sp³-hybridized carbons (Fsp3) is 0.200. The van der Waals surface area contributed by atoms with Gasteiger partial charge in [0.05, 0.1) is 5.69 Å². The van der Waals surface area contributed by atoms with Crippen molar-refractivity contribution in [2.24, 2.45) is 0 Å². The minimum atomic E-state index is 0.598. The highest BCUT2D eigenvalue weighted by Gasteiger charge is 2.14. The summed E-state index contributed by atoms with van der Waals surface area (Å²) in [6.07, 6.45) is 0.645. The number of fused-ring (bicyclic) bond motifs is 1. The molecule has 0 amide bonds. The Morgan fingerprint density at radius 3 is 2.65 bits per heavy atom. The summed E-state index contributed by atoms with van der Waals surface area (Å²) in [6, 6.07) is 9.67. The molecule has 0 saturated heterocycles. The third-order valence-electron chi connectivity index (χ3n) is 3.29. The Balaban J connectivity index is 2.14. The largest absolute Gasteiger partial charge is 0.233 e. The van der Waals surface area contributed by atoms with E-state index in [1.165, 1.54) is 0 Å². The van der Waals surface area contributed by atoms with E-state index in [2.05, 4.69) is 10.1 Å². The van der Waals surface area contributed by atoms with E-state index >= 15 is 0 Å². The van der Waals surface area contributed by atoms with Gasteiger partial charge in [0.15, 0.2) is 5.65 Å². The average Bonchev–Trinajstić information content (AvgIpc) is 2.77. The lowest BCUT2D eigenvalue weighted by Crippen LogP contribution is -2.03. The van der Waals surface area contributed by atoms with Crippen LogP contribution < -0.4 is 0 Å². The van der Waals surface area contributed by atoms with Gasteiger partial charge in [0.25, 0.3) is 0 Å². The molecule has 0 N–H and O–H groups in total. The number of nitrogens with zero attached hydrogens (tertiary/aromatic N) is 3. The van der Waals surface area contributed by atoms with Crippen LogP contribution >= 0.6 is 23.2 Å². The van der Waals surface area contributed by atoms with Crippen molar-refractivity contribution in [3.05, 3.63) is 63.0 Å². The SMILES string of the molecule is Cc1cc2nc(C)c(Cc3ccccc3Cl)c(Cl)n2n1. The molecule has 3 rings (SSSR count). The van der Waals surface area contributed by atoms with Crippen molar-refractivity contribution in [2.45, 2.75) is 20.3 Å². The van der Waals surface area contributed by atoms with Crippen molar-refractivity contribution in [1.82, 2.24) is 14.6 Å². The van der Waals surface area contributed by atoms with Crippen LogP contribution in [0.3, 0.4) is 0 Å². The number of halogens is 2. The van der Waals surface area contributed by atoms with Gasteiger partial charge in [-0.15, -0.1) is 0 Å². The summed E-state index contributed by atoms with van der Waals surface area (Å²) < 4.78 is 1.68. The van der Waals surface area contributed by atoms with Crippen LogP contribution in [0.1, 0.15) is 22.5 Å². The molecule has 3 aromatic rings. The van der Waals surface area contributed by atoms with Gasteiger partial charge < -0.3 is 0 Å². The molecule has 0 atom stereocenters. The molecule has 0 bridgehead atoms. The molecule has 102 valence electrons. The maximum absolute atomic E-state index is 6.48. The molecule has 0 spiro atoms. The van der Waals surface area contributed by atoms with E-state index in [1.54, 1.807) is 4.52 Å².